The van der Waals surface area contributed by atoms with Gasteiger partial charge in [0, 0.05) is 30.4 Å². The molecule has 1 aromatic carbocycles. The standard InChI is InChI=1S/C29H36FN7O3Si/c1-29(2,3)41(4,5)40-23-22(30)28(37-14-11-19-25(31)32-16-33-26(19)37)39-24(23)27(38)34-18-9-7-17-8-10-21(35-20(17)15-18)36-12-6-13-36/h7-11,14-16,22-24,28H,6,12-13H2,1-5H3,(H,34,38)(H2,31,32,33)/t22-,23-,24-,28+/m0/s1. The van der Waals surface area contributed by atoms with Crippen molar-refractivity contribution in [3.63, 3.8) is 0 Å². The lowest BCUT2D eigenvalue weighted by molar-refractivity contribution is -0.131. The quantitative estimate of drug-likeness (QED) is 0.306. The number of carbonyl (C=O) groups excluding carboxylic acids is 1. The zero-order valence-electron chi connectivity index (χ0n) is 24.0. The summed E-state index contributed by atoms with van der Waals surface area (Å²) in [4.78, 5) is 29.1. The molecular weight excluding hydrogens is 541 g/mol. The van der Waals surface area contributed by atoms with Crippen LogP contribution in [0.25, 0.3) is 21.9 Å². The van der Waals surface area contributed by atoms with Crippen molar-refractivity contribution in [2.75, 3.05) is 29.0 Å². The summed E-state index contributed by atoms with van der Waals surface area (Å²) in [5.41, 5.74) is 7.76. The van der Waals surface area contributed by atoms with Gasteiger partial charge in [0.1, 0.15) is 29.7 Å². The lowest BCUT2D eigenvalue weighted by atomic mass is 10.1. The Bertz CT molecular complexity index is 1620. The van der Waals surface area contributed by atoms with E-state index in [1.54, 1.807) is 16.8 Å². The number of ether oxygens (including phenoxy) is 1. The number of alkyl halides is 1. The Hall–Kier alpha value is -3.61. The fourth-order valence-corrected chi connectivity index (χ4v) is 6.31. The van der Waals surface area contributed by atoms with Gasteiger partial charge in [0.2, 0.25) is 0 Å². The van der Waals surface area contributed by atoms with Crippen LogP contribution in [0.2, 0.25) is 18.1 Å². The van der Waals surface area contributed by atoms with Crippen LogP contribution in [0.1, 0.15) is 33.4 Å². The van der Waals surface area contributed by atoms with Crippen LogP contribution in [0.15, 0.2) is 48.9 Å². The molecule has 12 heteroatoms. The van der Waals surface area contributed by atoms with Gasteiger partial charge >= 0.3 is 0 Å². The number of nitrogens with zero attached hydrogens (tertiary/aromatic N) is 5. The molecule has 3 aromatic heterocycles. The predicted molar refractivity (Wildman–Crippen MR) is 160 cm³/mol. The number of carbonyl (C=O) groups is 1. The number of fused-ring (bicyclic) bond motifs is 2. The number of halogens is 1. The van der Waals surface area contributed by atoms with Crippen LogP contribution in [0.5, 0.6) is 0 Å². The molecule has 5 heterocycles. The Morgan fingerprint density at radius 1 is 1.17 bits per heavy atom. The molecule has 3 N–H and O–H groups in total. The van der Waals surface area contributed by atoms with Gasteiger partial charge in [-0.15, -0.1) is 0 Å². The van der Waals surface area contributed by atoms with Crippen LogP contribution in [0, 0.1) is 0 Å². The van der Waals surface area contributed by atoms with Gasteiger partial charge < -0.3 is 29.7 Å². The first-order valence-electron chi connectivity index (χ1n) is 13.9. The normalized spacial score (nSPS) is 23.2. The monoisotopic (exact) mass is 577 g/mol. The van der Waals surface area contributed by atoms with Crippen LogP contribution in [0.4, 0.5) is 21.7 Å². The van der Waals surface area contributed by atoms with E-state index in [-0.39, 0.29) is 10.9 Å². The number of nitrogen functional groups attached to an aromatic ring is 1. The minimum Gasteiger partial charge on any atom is -0.408 e. The number of nitrogens with two attached hydrogens (primary N) is 1. The number of anilines is 3. The summed E-state index contributed by atoms with van der Waals surface area (Å²) >= 11 is 0. The largest absolute Gasteiger partial charge is 0.408 e. The average molecular weight is 578 g/mol. The SMILES string of the molecule is CC(C)(C)[Si](C)(C)O[C@H]1[C@H](F)[C@H](n2ccc3c(N)ncnc32)O[C@@H]1C(=O)Nc1ccc2ccc(N3CCC3)nc2c1. The van der Waals surface area contributed by atoms with Crippen molar-refractivity contribution < 1.29 is 18.3 Å². The maximum atomic E-state index is 16.4. The van der Waals surface area contributed by atoms with Crippen molar-refractivity contribution in [2.45, 2.75) is 69.9 Å². The van der Waals surface area contributed by atoms with Gasteiger partial charge in [-0.1, -0.05) is 26.8 Å². The Kier molecular flexibility index (Phi) is 6.74. The minimum absolute atomic E-state index is 0.203. The molecule has 2 aliphatic rings. The summed E-state index contributed by atoms with van der Waals surface area (Å²) in [5, 5.41) is 4.28. The number of hydrogen-bond donors (Lipinski definition) is 2. The van der Waals surface area contributed by atoms with Crippen molar-refractivity contribution in [1.29, 1.82) is 0 Å². The third-order valence-electron chi connectivity index (χ3n) is 8.61. The summed E-state index contributed by atoms with van der Waals surface area (Å²) in [5.74, 6) is 0.719. The van der Waals surface area contributed by atoms with E-state index >= 15 is 4.39 Å². The van der Waals surface area contributed by atoms with Gasteiger partial charge in [0.25, 0.3) is 5.91 Å². The Balaban J connectivity index is 1.31. The summed E-state index contributed by atoms with van der Waals surface area (Å²) in [7, 11) is -2.49. The molecular formula is C29H36FN7O3Si. The molecule has 10 nitrogen and oxygen atoms in total. The lowest BCUT2D eigenvalue weighted by Gasteiger charge is -2.39. The molecule has 2 fully saturated rings. The molecule has 216 valence electrons. The van der Waals surface area contributed by atoms with E-state index in [1.807, 2.05) is 43.4 Å². The summed E-state index contributed by atoms with van der Waals surface area (Å²) < 4.78 is 30.6. The van der Waals surface area contributed by atoms with Crippen molar-refractivity contribution in [3.05, 3.63) is 48.9 Å². The Labute approximate surface area is 239 Å². The topological polar surface area (TPSA) is 120 Å². The molecule has 0 aliphatic carbocycles. The van der Waals surface area contributed by atoms with Gasteiger partial charge in [0.05, 0.1) is 10.9 Å². The van der Waals surface area contributed by atoms with Gasteiger partial charge in [-0.25, -0.2) is 19.3 Å². The first-order valence-corrected chi connectivity index (χ1v) is 16.8. The highest BCUT2D eigenvalue weighted by molar-refractivity contribution is 6.74. The summed E-state index contributed by atoms with van der Waals surface area (Å²) in [6.45, 7) is 12.3. The Morgan fingerprint density at radius 2 is 1.93 bits per heavy atom. The highest BCUT2D eigenvalue weighted by Gasteiger charge is 2.54. The van der Waals surface area contributed by atoms with Crippen LogP contribution >= 0.6 is 0 Å². The summed E-state index contributed by atoms with van der Waals surface area (Å²) in [6, 6.07) is 11.3. The molecule has 2 aliphatic heterocycles. The first-order chi connectivity index (χ1) is 19.4. The van der Waals surface area contributed by atoms with E-state index in [1.165, 1.54) is 6.33 Å². The number of benzene rings is 1. The van der Waals surface area contributed by atoms with Crippen LogP contribution in [-0.2, 0) is 14.0 Å². The van der Waals surface area contributed by atoms with Gasteiger partial charge in [0.15, 0.2) is 26.8 Å². The molecule has 0 unspecified atom stereocenters. The number of amides is 1. The minimum atomic E-state index is -2.49. The van der Waals surface area contributed by atoms with Crippen LogP contribution in [-0.4, -0.2) is 65.2 Å². The van der Waals surface area contributed by atoms with Gasteiger partial charge in [-0.05, 0) is 54.9 Å². The second-order valence-electron chi connectivity index (χ2n) is 12.4. The van der Waals surface area contributed by atoms with Gasteiger partial charge in [-0.2, -0.15) is 0 Å². The molecule has 0 spiro atoms. The smallest absolute Gasteiger partial charge is 0.256 e. The van der Waals surface area contributed by atoms with Crippen molar-refractivity contribution in [3.8, 4) is 0 Å². The number of aromatic nitrogens is 4. The lowest BCUT2D eigenvalue weighted by Crippen LogP contribution is -2.50. The molecule has 0 saturated carbocycles. The molecule has 6 rings (SSSR count). The zero-order chi connectivity index (χ0) is 29.1. The van der Waals surface area contributed by atoms with E-state index in [0.717, 1.165) is 36.2 Å². The van der Waals surface area contributed by atoms with Crippen LogP contribution in [0.3, 0.4) is 0 Å². The number of rotatable bonds is 6. The molecule has 2 saturated heterocycles. The molecule has 0 radical (unpaired) electrons. The zero-order valence-corrected chi connectivity index (χ0v) is 25.0. The van der Waals surface area contributed by atoms with E-state index in [9.17, 15) is 4.79 Å². The number of pyridine rings is 1. The highest BCUT2D eigenvalue weighted by Crippen LogP contribution is 2.43. The van der Waals surface area contributed by atoms with Crippen molar-refractivity contribution in [2.24, 2.45) is 0 Å². The second-order valence-corrected chi connectivity index (χ2v) is 17.1. The fraction of sp³-hybridized carbons (Fsp3) is 0.448. The van der Waals surface area contributed by atoms with E-state index in [4.69, 9.17) is 19.9 Å². The van der Waals surface area contributed by atoms with Crippen molar-refractivity contribution >= 4 is 53.5 Å². The number of nitrogens with one attached hydrogen (secondary N) is 1. The fourth-order valence-electron chi connectivity index (χ4n) is 5.02. The molecule has 0 bridgehead atoms. The van der Waals surface area contributed by atoms with E-state index < -0.39 is 38.8 Å². The Morgan fingerprint density at radius 3 is 2.63 bits per heavy atom. The maximum absolute atomic E-state index is 16.4. The average Bonchev–Trinajstić information content (AvgIpc) is 3.44. The first kappa shape index (κ1) is 27.6. The molecule has 4 atom stereocenters. The van der Waals surface area contributed by atoms with E-state index in [0.29, 0.717) is 16.7 Å². The molecule has 1 amide bonds. The third-order valence-corrected chi connectivity index (χ3v) is 13.1. The second kappa shape index (κ2) is 10.0. The highest BCUT2D eigenvalue weighted by atomic mass is 28.4. The summed E-state index contributed by atoms with van der Waals surface area (Å²) in [6.07, 6.45) is -0.947. The van der Waals surface area contributed by atoms with Crippen LogP contribution < -0.4 is 16.0 Å². The van der Waals surface area contributed by atoms with Crippen molar-refractivity contribution in [1.82, 2.24) is 19.5 Å². The third kappa shape index (κ3) is 4.93. The predicted octanol–water partition coefficient (Wildman–Crippen LogP) is 5.04. The number of hydrogen-bond acceptors (Lipinski definition) is 8. The van der Waals surface area contributed by atoms with Gasteiger partial charge in [-0.3, -0.25) is 4.79 Å². The maximum Gasteiger partial charge on any atom is 0.256 e. The molecule has 4 aromatic rings. The van der Waals surface area contributed by atoms with E-state index in [2.05, 4.69) is 41.0 Å². The molecule has 41 heavy (non-hydrogen) atoms.